The van der Waals surface area contributed by atoms with Crippen molar-refractivity contribution in [2.45, 2.75) is 38.3 Å². The van der Waals surface area contributed by atoms with Crippen LogP contribution in [-0.2, 0) is 14.4 Å². The average Bonchev–Trinajstić information content (AvgIpc) is 2.86. The molecule has 0 unspecified atom stereocenters. The van der Waals surface area contributed by atoms with Gasteiger partial charge in [-0.25, -0.2) is 0 Å². The Hall–Kier alpha value is -3.30. The van der Waals surface area contributed by atoms with Gasteiger partial charge in [0.05, 0.1) is 12.5 Å². The first-order chi connectivity index (χ1) is 15.3. The number of ketones is 1. The van der Waals surface area contributed by atoms with Gasteiger partial charge in [-0.3, -0.25) is 14.4 Å². The minimum atomic E-state index is -5.84. The number of para-hydroxylation sites is 1. The van der Waals surface area contributed by atoms with Crippen molar-refractivity contribution in [1.29, 1.82) is 0 Å². The number of benzene rings is 2. The number of hydrogen-bond donors (Lipinski definition) is 2. The molecule has 2 aromatic rings. The first kappa shape index (κ1) is 24.3. The molecule has 33 heavy (non-hydrogen) atoms. The number of rotatable bonds is 6. The van der Waals surface area contributed by atoms with Crippen molar-refractivity contribution in [3.63, 3.8) is 0 Å². The topological polar surface area (TPSA) is 75.3 Å². The zero-order valence-electron chi connectivity index (χ0n) is 17.7. The lowest BCUT2D eigenvalue weighted by Gasteiger charge is -2.26. The van der Waals surface area contributed by atoms with Gasteiger partial charge in [0.25, 0.3) is 0 Å². The molecule has 2 N–H and O–H groups in total. The van der Waals surface area contributed by atoms with E-state index in [2.05, 4.69) is 5.32 Å². The number of carbonyl (C=O) groups is 3. The number of carbonyl (C=O) groups excluding carboxylic acids is 3. The second-order valence-electron chi connectivity index (χ2n) is 8.31. The molecule has 1 aliphatic rings. The van der Waals surface area contributed by atoms with Crippen molar-refractivity contribution in [1.82, 2.24) is 5.32 Å². The number of Topliss-reactive ketones (excluding diaryl/α,β-unsaturated/α-hetero) is 1. The lowest BCUT2D eigenvalue weighted by molar-refractivity contribution is -0.278. The number of anilines is 1. The van der Waals surface area contributed by atoms with E-state index in [4.69, 9.17) is 0 Å². The molecule has 0 aliphatic carbocycles. The summed E-state index contributed by atoms with van der Waals surface area (Å²) in [6.07, 6.45) is -6.29. The third-order valence-electron chi connectivity index (χ3n) is 5.67. The second-order valence-corrected chi connectivity index (χ2v) is 8.31. The predicted octanol–water partition coefficient (Wildman–Crippen LogP) is 4.69. The highest BCUT2D eigenvalue weighted by Gasteiger charge is 2.57. The maximum atomic E-state index is 13.2. The fourth-order valence-electron chi connectivity index (χ4n) is 3.52. The van der Waals surface area contributed by atoms with Crippen LogP contribution >= 0.6 is 0 Å². The van der Waals surface area contributed by atoms with Crippen LogP contribution in [0.5, 0.6) is 0 Å². The molecule has 10 heteroatoms. The molecule has 5 nitrogen and oxygen atoms in total. The predicted molar refractivity (Wildman–Crippen MR) is 111 cm³/mol. The van der Waals surface area contributed by atoms with Crippen LogP contribution in [0.25, 0.3) is 11.1 Å². The molecular weight excluding hydrogens is 447 g/mol. The molecule has 0 saturated heterocycles. The summed E-state index contributed by atoms with van der Waals surface area (Å²) in [7, 11) is 0. The average molecular weight is 468 g/mol. The van der Waals surface area contributed by atoms with Crippen molar-refractivity contribution in [3.8, 4) is 11.1 Å². The van der Waals surface area contributed by atoms with Crippen molar-refractivity contribution in [2.24, 2.45) is 5.41 Å². The van der Waals surface area contributed by atoms with Crippen LogP contribution in [0.1, 0.15) is 31.7 Å². The first-order valence-electron chi connectivity index (χ1n) is 10.0. The van der Waals surface area contributed by atoms with Crippen molar-refractivity contribution >= 4 is 23.3 Å². The molecule has 0 fully saturated rings. The number of nitrogens with one attached hydrogen (secondary N) is 2. The lowest BCUT2D eigenvalue weighted by atomic mass is 9.79. The van der Waals surface area contributed by atoms with Crippen LogP contribution in [0.4, 0.5) is 27.6 Å². The van der Waals surface area contributed by atoms with E-state index >= 15 is 0 Å². The zero-order valence-corrected chi connectivity index (χ0v) is 17.7. The highest BCUT2D eigenvalue weighted by Crippen LogP contribution is 2.40. The van der Waals surface area contributed by atoms with E-state index in [0.29, 0.717) is 16.8 Å². The number of amides is 2. The van der Waals surface area contributed by atoms with Gasteiger partial charge in [-0.05, 0) is 31.0 Å². The van der Waals surface area contributed by atoms with Crippen LogP contribution in [0.2, 0.25) is 0 Å². The minimum Gasteiger partial charge on any atom is -0.349 e. The smallest absolute Gasteiger partial charge is 0.349 e. The van der Waals surface area contributed by atoms with Gasteiger partial charge >= 0.3 is 12.1 Å². The van der Waals surface area contributed by atoms with Crippen molar-refractivity contribution in [3.05, 3.63) is 54.1 Å². The highest BCUT2D eigenvalue weighted by atomic mass is 19.4. The molecule has 176 valence electrons. The first-order valence-corrected chi connectivity index (χ1v) is 10.0. The van der Waals surface area contributed by atoms with Gasteiger partial charge in [-0.2, -0.15) is 22.0 Å². The van der Waals surface area contributed by atoms with Crippen LogP contribution < -0.4 is 10.6 Å². The van der Waals surface area contributed by atoms with Gasteiger partial charge < -0.3 is 10.6 Å². The normalized spacial score (nSPS) is 16.2. The molecule has 1 atom stereocenters. The van der Waals surface area contributed by atoms with Gasteiger partial charge in [-0.1, -0.05) is 42.5 Å². The zero-order chi connectivity index (χ0) is 24.6. The molecule has 3 rings (SSSR count). The van der Waals surface area contributed by atoms with Gasteiger partial charge in [0.1, 0.15) is 11.2 Å². The Morgan fingerprint density at radius 3 is 2.15 bits per heavy atom. The summed E-state index contributed by atoms with van der Waals surface area (Å²) in [6.45, 7) is 0.241. The number of alkyl halides is 5. The van der Waals surface area contributed by atoms with Crippen LogP contribution in [0.3, 0.4) is 0 Å². The largest absolute Gasteiger partial charge is 0.455 e. The summed E-state index contributed by atoms with van der Waals surface area (Å²) in [5.74, 6) is -8.71. The summed E-state index contributed by atoms with van der Waals surface area (Å²) in [4.78, 5) is 38.3. The number of halogens is 5. The molecule has 2 amide bonds. The number of fused-ring (bicyclic) bond motifs is 3. The molecular formula is C23H21F5N2O3. The summed E-state index contributed by atoms with van der Waals surface area (Å²) < 4.78 is 63.4. The van der Waals surface area contributed by atoms with E-state index < -0.39 is 54.0 Å². The van der Waals surface area contributed by atoms with Crippen molar-refractivity contribution in [2.75, 3.05) is 11.9 Å². The Morgan fingerprint density at radius 2 is 1.52 bits per heavy atom. The van der Waals surface area contributed by atoms with Gasteiger partial charge in [0.2, 0.25) is 11.8 Å². The van der Waals surface area contributed by atoms with E-state index in [1.54, 1.807) is 48.5 Å². The molecule has 0 saturated carbocycles. The summed E-state index contributed by atoms with van der Waals surface area (Å²) in [5.41, 5.74) is 0.569. The third-order valence-corrected chi connectivity index (χ3v) is 5.67. The van der Waals surface area contributed by atoms with E-state index in [9.17, 15) is 36.3 Å². The molecule has 2 aromatic carbocycles. The highest BCUT2D eigenvalue weighted by molar-refractivity contribution is 6.09. The van der Waals surface area contributed by atoms with Gasteiger partial charge in [0.15, 0.2) is 0 Å². The van der Waals surface area contributed by atoms with Crippen LogP contribution in [0.15, 0.2) is 48.5 Å². The standard InChI is InChI=1S/C23H21F5N2O3/c1-21(2,20(33)29-12-22(24,25)23(26,27)28)18(31)11-16-14-8-4-3-7-13(14)15-9-5-6-10-17(15)30-19(16)32/h3-10,16H,11-12H2,1-2H3,(H,29,33)(H,30,32)/t16-/m0/s1. The van der Waals surface area contributed by atoms with Crippen molar-refractivity contribution < 1.29 is 36.3 Å². The second kappa shape index (κ2) is 8.57. The van der Waals surface area contributed by atoms with Gasteiger partial charge in [0, 0.05) is 17.7 Å². The monoisotopic (exact) mass is 468 g/mol. The fourth-order valence-corrected chi connectivity index (χ4v) is 3.52. The Labute approximate surface area is 186 Å². The Balaban J connectivity index is 1.83. The number of hydrogen-bond acceptors (Lipinski definition) is 3. The summed E-state index contributed by atoms with van der Waals surface area (Å²) in [6, 6.07) is 13.9. The minimum absolute atomic E-state index is 0.451. The molecule has 1 heterocycles. The molecule has 1 aliphatic heterocycles. The Kier molecular flexibility index (Phi) is 6.32. The van der Waals surface area contributed by atoms with Gasteiger partial charge in [-0.15, -0.1) is 0 Å². The van der Waals surface area contributed by atoms with E-state index in [1.807, 2.05) is 0 Å². The van der Waals surface area contributed by atoms with E-state index in [-0.39, 0.29) is 0 Å². The Bertz CT molecular complexity index is 1100. The van der Waals surface area contributed by atoms with Crippen LogP contribution in [-0.4, -0.2) is 36.2 Å². The quantitative estimate of drug-likeness (QED) is 0.477. The molecule has 0 aromatic heterocycles. The summed E-state index contributed by atoms with van der Waals surface area (Å²) in [5, 5.41) is 4.27. The molecule has 0 radical (unpaired) electrons. The van der Waals surface area contributed by atoms with E-state index in [1.165, 1.54) is 5.32 Å². The van der Waals surface area contributed by atoms with Crippen LogP contribution in [0, 0.1) is 5.41 Å². The third kappa shape index (κ3) is 4.74. The maximum Gasteiger partial charge on any atom is 0.455 e. The lowest BCUT2D eigenvalue weighted by Crippen LogP contribution is -2.51. The fraction of sp³-hybridized carbons (Fsp3) is 0.348. The van der Waals surface area contributed by atoms with E-state index in [0.717, 1.165) is 19.4 Å². The molecule has 0 spiro atoms. The Morgan fingerprint density at radius 1 is 0.939 bits per heavy atom. The summed E-state index contributed by atoms with van der Waals surface area (Å²) >= 11 is 0. The SMILES string of the molecule is CC(C)(C(=O)C[C@@H]1C(=O)Nc2ccccc2-c2ccccc21)C(=O)NCC(F)(F)C(F)(F)F. The maximum absolute atomic E-state index is 13.2. The molecule has 0 bridgehead atoms.